The largest absolute Gasteiger partial charge is 0.490 e. The zero-order valence-corrected chi connectivity index (χ0v) is 12.5. The molecule has 1 heterocycles. The highest BCUT2D eigenvalue weighted by molar-refractivity contribution is 5.89. The van der Waals surface area contributed by atoms with Gasteiger partial charge in [-0.25, -0.2) is 4.79 Å². The number of carboxylic acid groups (broad SMARTS) is 1. The van der Waals surface area contributed by atoms with E-state index in [2.05, 4.69) is 0 Å². The van der Waals surface area contributed by atoms with E-state index in [0.717, 1.165) is 23.4 Å². The van der Waals surface area contributed by atoms with Crippen LogP contribution in [0.4, 0.5) is 18.9 Å². The second-order valence-corrected chi connectivity index (χ2v) is 5.45. The van der Waals surface area contributed by atoms with Crippen molar-refractivity contribution in [3.05, 3.63) is 59.2 Å². The standard InChI is InChI=1S/C17H14F3NO3/c18-17(19,20)13-4-1-11(2-5-13)10-21-7-8-24-15-9-12(16(22)23)3-6-14(15)21/h1-6,9H,7-8,10H2,(H,22,23). The summed E-state index contributed by atoms with van der Waals surface area (Å²) in [6.07, 6.45) is -4.35. The maximum atomic E-state index is 12.6. The first-order valence-corrected chi connectivity index (χ1v) is 7.26. The van der Waals surface area contributed by atoms with Crippen LogP contribution < -0.4 is 9.64 Å². The minimum Gasteiger partial charge on any atom is -0.490 e. The van der Waals surface area contributed by atoms with Crippen LogP contribution in [0.5, 0.6) is 5.75 Å². The maximum Gasteiger partial charge on any atom is 0.416 e. The van der Waals surface area contributed by atoms with Crippen molar-refractivity contribution in [2.45, 2.75) is 12.7 Å². The van der Waals surface area contributed by atoms with Crippen molar-refractivity contribution in [1.82, 2.24) is 0 Å². The van der Waals surface area contributed by atoms with Gasteiger partial charge in [0, 0.05) is 6.54 Å². The van der Waals surface area contributed by atoms with Gasteiger partial charge in [-0.1, -0.05) is 12.1 Å². The minimum atomic E-state index is -4.35. The fourth-order valence-corrected chi connectivity index (χ4v) is 2.59. The first-order chi connectivity index (χ1) is 11.3. The maximum absolute atomic E-state index is 12.6. The van der Waals surface area contributed by atoms with Gasteiger partial charge in [0.2, 0.25) is 0 Å². The fraction of sp³-hybridized carbons (Fsp3) is 0.235. The van der Waals surface area contributed by atoms with Crippen LogP contribution in [0.2, 0.25) is 0 Å². The summed E-state index contributed by atoms with van der Waals surface area (Å²) in [6, 6.07) is 9.61. The summed E-state index contributed by atoms with van der Waals surface area (Å²) in [5, 5.41) is 9.02. The number of halogens is 3. The molecule has 0 aliphatic carbocycles. The molecule has 2 aromatic rings. The van der Waals surface area contributed by atoms with E-state index in [1.807, 2.05) is 4.90 Å². The molecule has 0 unspecified atom stereocenters. The molecule has 0 bridgehead atoms. The van der Waals surface area contributed by atoms with Gasteiger partial charge in [-0.3, -0.25) is 0 Å². The first kappa shape index (κ1) is 16.2. The number of aromatic carboxylic acids is 1. The molecule has 0 radical (unpaired) electrons. The van der Waals surface area contributed by atoms with Crippen LogP contribution in [-0.2, 0) is 12.7 Å². The molecule has 1 aliphatic heterocycles. The van der Waals surface area contributed by atoms with E-state index < -0.39 is 17.7 Å². The molecular weight excluding hydrogens is 323 g/mol. The number of carbonyl (C=O) groups is 1. The van der Waals surface area contributed by atoms with Crippen LogP contribution in [0.25, 0.3) is 0 Å². The van der Waals surface area contributed by atoms with Gasteiger partial charge in [-0.2, -0.15) is 13.2 Å². The molecule has 7 heteroatoms. The predicted octanol–water partition coefficient (Wildman–Crippen LogP) is 3.80. The van der Waals surface area contributed by atoms with Crippen LogP contribution >= 0.6 is 0 Å². The van der Waals surface area contributed by atoms with E-state index in [1.165, 1.54) is 24.3 Å². The lowest BCUT2D eigenvalue weighted by Gasteiger charge is -2.31. The highest BCUT2D eigenvalue weighted by Gasteiger charge is 2.30. The molecular formula is C17H14F3NO3. The monoisotopic (exact) mass is 337 g/mol. The zero-order valence-electron chi connectivity index (χ0n) is 12.5. The molecule has 2 aromatic carbocycles. The number of nitrogens with zero attached hydrogens (tertiary/aromatic N) is 1. The summed E-state index contributed by atoms with van der Waals surface area (Å²) >= 11 is 0. The van der Waals surface area contributed by atoms with Gasteiger partial charge in [0.1, 0.15) is 12.4 Å². The van der Waals surface area contributed by atoms with E-state index in [4.69, 9.17) is 9.84 Å². The summed E-state index contributed by atoms with van der Waals surface area (Å²) in [6.45, 7) is 1.37. The van der Waals surface area contributed by atoms with Gasteiger partial charge >= 0.3 is 12.1 Å². The SMILES string of the molecule is O=C(O)c1ccc2c(c1)OCCN2Cc1ccc(C(F)(F)F)cc1. The molecule has 1 N–H and O–H groups in total. The van der Waals surface area contributed by atoms with Crippen molar-refractivity contribution < 1.29 is 27.8 Å². The molecule has 126 valence electrons. The quantitative estimate of drug-likeness (QED) is 0.925. The Morgan fingerprint density at radius 3 is 2.50 bits per heavy atom. The predicted molar refractivity (Wildman–Crippen MR) is 81.4 cm³/mol. The van der Waals surface area contributed by atoms with E-state index >= 15 is 0 Å². The second kappa shape index (κ2) is 6.07. The van der Waals surface area contributed by atoms with Gasteiger partial charge in [-0.15, -0.1) is 0 Å². The molecule has 0 fully saturated rings. The molecule has 0 aromatic heterocycles. The van der Waals surface area contributed by atoms with Crippen molar-refractivity contribution in [3.63, 3.8) is 0 Å². The van der Waals surface area contributed by atoms with Crippen LogP contribution in [0.15, 0.2) is 42.5 Å². The zero-order chi connectivity index (χ0) is 17.3. The van der Waals surface area contributed by atoms with E-state index in [9.17, 15) is 18.0 Å². The Balaban J connectivity index is 1.81. The number of anilines is 1. The number of hydrogen-bond donors (Lipinski definition) is 1. The number of benzene rings is 2. The molecule has 0 atom stereocenters. The summed E-state index contributed by atoms with van der Waals surface area (Å²) in [4.78, 5) is 13.0. The molecule has 4 nitrogen and oxygen atoms in total. The van der Waals surface area contributed by atoms with Crippen LogP contribution in [0, 0.1) is 0 Å². The molecule has 3 rings (SSSR count). The summed E-state index contributed by atoms with van der Waals surface area (Å²) in [5.74, 6) is -0.575. The Hall–Kier alpha value is -2.70. The number of hydrogen-bond acceptors (Lipinski definition) is 3. The Kier molecular flexibility index (Phi) is 4.09. The molecule has 0 amide bonds. The topological polar surface area (TPSA) is 49.8 Å². The lowest BCUT2D eigenvalue weighted by molar-refractivity contribution is -0.137. The third kappa shape index (κ3) is 3.29. The Labute approximate surface area is 136 Å². The van der Waals surface area contributed by atoms with Gasteiger partial charge in [0.25, 0.3) is 0 Å². The van der Waals surface area contributed by atoms with Crippen molar-refractivity contribution in [3.8, 4) is 5.75 Å². The normalized spacial score (nSPS) is 14.0. The number of carboxylic acids is 1. The number of fused-ring (bicyclic) bond motifs is 1. The third-order valence-corrected chi connectivity index (χ3v) is 3.82. The number of rotatable bonds is 3. The molecule has 24 heavy (non-hydrogen) atoms. The van der Waals surface area contributed by atoms with Crippen molar-refractivity contribution in [2.75, 3.05) is 18.1 Å². The average molecular weight is 337 g/mol. The Morgan fingerprint density at radius 2 is 1.88 bits per heavy atom. The van der Waals surface area contributed by atoms with E-state index in [1.54, 1.807) is 6.07 Å². The fourth-order valence-electron chi connectivity index (χ4n) is 2.59. The van der Waals surface area contributed by atoms with Gasteiger partial charge in [0.15, 0.2) is 0 Å². The van der Waals surface area contributed by atoms with Crippen LogP contribution in [0.1, 0.15) is 21.5 Å². The number of ether oxygens (including phenoxy) is 1. The van der Waals surface area contributed by atoms with Gasteiger partial charge in [0.05, 0.1) is 23.4 Å². The lowest BCUT2D eigenvalue weighted by atomic mass is 10.1. The molecule has 0 spiro atoms. The second-order valence-electron chi connectivity index (χ2n) is 5.45. The van der Waals surface area contributed by atoms with Crippen molar-refractivity contribution in [1.29, 1.82) is 0 Å². The Bertz CT molecular complexity index is 757. The van der Waals surface area contributed by atoms with Crippen LogP contribution in [0.3, 0.4) is 0 Å². The van der Waals surface area contributed by atoms with Gasteiger partial charge < -0.3 is 14.7 Å². The van der Waals surface area contributed by atoms with E-state index in [-0.39, 0.29) is 5.56 Å². The minimum absolute atomic E-state index is 0.130. The third-order valence-electron chi connectivity index (χ3n) is 3.82. The van der Waals surface area contributed by atoms with E-state index in [0.29, 0.717) is 25.4 Å². The average Bonchev–Trinajstić information content (AvgIpc) is 2.54. The van der Waals surface area contributed by atoms with Crippen molar-refractivity contribution in [2.24, 2.45) is 0 Å². The molecule has 0 saturated heterocycles. The summed E-state index contributed by atoms with van der Waals surface area (Å²) in [7, 11) is 0. The number of alkyl halides is 3. The lowest BCUT2D eigenvalue weighted by Crippen LogP contribution is -2.32. The molecule has 0 saturated carbocycles. The first-order valence-electron chi connectivity index (χ1n) is 7.26. The van der Waals surface area contributed by atoms with Gasteiger partial charge in [-0.05, 0) is 35.9 Å². The summed E-state index contributed by atoms with van der Waals surface area (Å²) < 4.78 is 43.3. The highest BCUT2D eigenvalue weighted by Crippen LogP contribution is 2.34. The van der Waals surface area contributed by atoms with Crippen molar-refractivity contribution >= 4 is 11.7 Å². The summed E-state index contributed by atoms with van der Waals surface area (Å²) in [5.41, 5.74) is 0.911. The Morgan fingerprint density at radius 1 is 1.17 bits per heavy atom. The highest BCUT2D eigenvalue weighted by atomic mass is 19.4. The smallest absolute Gasteiger partial charge is 0.416 e. The van der Waals surface area contributed by atoms with Crippen LogP contribution in [-0.4, -0.2) is 24.2 Å². The molecule has 1 aliphatic rings.